The lowest BCUT2D eigenvalue weighted by Gasteiger charge is -2.27. The molecule has 0 radical (unpaired) electrons. The van der Waals surface area contributed by atoms with Gasteiger partial charge in [-0.1, -0.05) is 0 Å². The van der Waals surface area contributed by atoms with Crippen LogP contribution in [0.2, 0.25) is 0 Å². The van der Waals surface area contributed by atoms with Crippen molar-refractivity contribution >= 4 is 28.6 Å². The fraction of sp³-hybridized carbons (Fsp3) is 0.312. The Kier molecular flexibility index (Phi) is 3.49. The van der Waals surface area contributed by atoms with Crippen LogP contribution in [0.25, 0.3) is 0 Å². The van der Waals surface area contributed by atoms with E-state index in [-0.39, 0.29) is 11.8 Å². The lowest BCUT2D eigenvalue weighted by atomic mass is 9.86. The fourth-order valence-electron chi connectivity index (χ4n) is 2.80. The number of rotatable bonds is 2. The first-order valence-corrected chi connectivity index (χ1v) is 7.74. The summed E-state index contributed by atoms with van der Waals surface area (Å²) < 4.78 is 0. The molecule has 2 aromatic rings. The molecule has 0 fully saturated rings. The Hall–Kier alpha value is -1.81. The number of carbonyl (C=O) groups excluding carboxylic acids is 1. The fourth-order valence-corrected chi connectivity index (χ4v) is 3.79. The normalized spacial score (nSPS) is 17.6. The predicted molar refractivity (Wildman–Crippen MR) is 84.3 cm³/mol. The van der Waals surface area contributed by atoms with Crippen molar-refractivity contribution in [2.75, 3.05) is 17.7 Å². The van der Waals surface area contributed by atoms with Crippen molar-refractivity contribution in [3.05, 3.63) is 46.2 Å². The Morgan fingerprint density at radius 2 is 2.05 bits per heavy atom. The van der Waals surface area contributed by atoms with E-state index in [1.165, 1.54) is 10.4 Å². The summed E-state index contributed by atoms with van der Waals surface area (Å²) in [5.41, 5.74) is 8.53. The van der Waals surface area contributed by atoms with Gasteiger partial charge in [0.1, 0.15) is 0 Å². The number of benzene rings is 1. The Labute approximate surface area is 123 Å². The summed E-state index contributed by atoms with van der Waals surface area (Å²) in [6, 6.07) is 9.56. The number of likely N-dealkylation sites (N-methyl/N-ethyl adjacent to an activating group) is 1. The molecule has 2 N–H and O–H groups in total. The van der Waals surface area contributed by atoms with Gasteiger partial charge in [-0.05, 0) is 60.5 Å². The van der Waals surface area contributed by atoms with Gasteiger partial charge in [0.05, 0.1) is 5.92 Å². The summed E-state index contributed by atoms with van der Waals surface area (Å²) in [7, 11) is 1.84. The number of nitrogen functional groups attached to an aromatic ring is 1. The number of fused-ring (bicyclic) bond motifs is 1. The number of amides is 1. The van der Waals surface area contributed by atoms with Gasteiger partial charge < -0.3 is 10.6 Å². The van der Waals surface area contributed by atoms with Crippen LogP contribution >= 0.6 is 11.3 Å². The number of nitrogens with two attached hydrogens (primary N) is 1. The highest BCUT2D eigenvalue weighted by Gasteiger charge is 2.29. The Morgan fingerprint density at radius 1 is 1.30 bits per heavy atom. The van der Waals surface area contributed by atoms with E-state index >= 15 is 0 Å². The van der Waals surface area contributed by atoms with Gasteiger partial charge in [-0.25, -0.2) is 0 Å². The Bertz CT molecular complexity index is 618. The van der Waals surface area contributed by atoms with Gasteiger partial charge in [0.15, 0.2) is 0 Å². The summed E-state index contributed by atoms with van der Waals surface area (Å²) >= 11 is 1.77. The lowest BCUT2D eigenvalue weighted by Crippen LogP contribution is -2.33. The van der Waals surface area contributed by atoms with Gasteiger partial charge in [0, 0.05) is 23.3 Å². The number of thiophene rings is 1. The summed E-state index contributed by atoms with van der Waals surface area (Å²) in [5, 5.41) is 2.10. The molecule has 1 aliphatic rings. The van der Waals surface area contributed by atoms with Crippen LogP contribution in [0.5, 0.6) is 0 Å². The molecule has 1 aromatic heterocycles. The molecule has 1 atom stereocenters. The SMILES string of the molecule is CN(C(=O)C1CCCc2sccc21)c1ccc(N)cc1. The summed E-state index contributed by atoms with van der Waals surface area (Å²) in [6.45, 7) is 0. The van der Waals surface area contributed by atoms with E-state index in [1.54, 1.807) is 16.2 Å². The predicted octanol–water partition coefficient (Wildman–Crippen LogP) is 3.41. The second-order valence-electron chi connectivity index (χ2n) is 5.23. The molecule has 20 heavy (non-hydrogen) atoms. The van der Waals surface area contributed by atoms with Crippen molar-refractivity contribution in [1.82, 2.24) is 0 Å². The first kappa shape index (κ1) is 13.2. The monoisotopic (exact) mass is 286 g/mol. The summed E-state index contributed by atoms with van der Waals surface area (Å²) in [5.74, 6) is 0.182. The third-order valence-electron chi connectivity index (χ3n) is 3.96. The van der Waals surface area contributed by atoms with Crippen molar-refractivity contribution in [3.63, 3.8) is 0 Å². The average molecular weight is 286 g/mol. The highest BCUT2D eigenvalue weighted by atomic mass is 32.1. The molecule has 4 heteroatoms. The second-order valence-corrected chi connectivity index (χ2v) is 6.23. The van der Waals surface area contributed by atoms with E-state index in [2.05, 4.69) is 11.4 Å². The maximum atomic E-state index is 12.7. The second kappa shape index (κ2) is 5.29. The first-order chi connectivity index (χ1) is 9.66. The molecule has 1 unspecified atom stereocenters. The van der Waals surface area contributed by atoms with Gasteiger partial charge in [0.2, 0.25) is 5.91 Å². The van der Waals surface area contributed by atoms with Crippen LogP contribution in [-0.4, -0.2) is 13.0 Å². The van der Waals surface area contributed by atoms with Crippen molar-refractivity contribution in [2.45, 2.75) is 25.2 Å². The molecule has 1 amide bonds. The standard InChI is InChI=1S/C16H18N2OS/c1-18(12-7-5-11(17)6-8-12)16(19)14-3-2-4-15-13(14)9-10-20-15/h5-10,14H,2-4,17H2,1H3. The molecule has 0 saturated carbocycles. The molecule has 0 aliphatic heterocycles. The molecule has 0 saturated heterocycles. The van der Waals surface area contributed by atoms with E-state index in [0.29, 0.717) is 5.69 Å². The summed E-state index contributed by atoms with van der Waals surface area (Å²) in [4.78, 5) is 15.9. The van der Waals surface area contributed by atoms with Crippen molar-refractivity contribution in [1.29, 1.82) is 0 Å². The molecular weight excluding hydrogens is 268 g/mol. The van der Waals surface area contributed by atoms with Crippen molar-refractivity contribution in [2.24, 2.45) is 0 Å². The van der Waals surface area contributed by atoms with Crippen LogP contribution in [0.1, 0.15) is 29.2 Å². The largest absolute Gasteiger partial charge is 0.399 e. The van der Waals surface area contributed by atoms with Crippen LogP contribution in [-0.2, 0) is 11.2 Å². The minimum absolute atomic E-state index is 0.00699. The zero-order chi connectivity index (χ0) is 14.1. The molecule has 1 aromatic carbocycles. The molecule has 1 aliphatic carbocycles. The Balaban J connectivity index is 1.85. The number of hydrogen-bond donors (Lipinski definition) is 1. The van der Waals surface area contributed by atoms with Gasteiger partial charge in [-0.2, -0.15) is 0 Å². The molecule has 3 rings (SSSR count). The van der Waals surface area contributed by atoms with E-state index in [1.807, 2.05) is 31.3 Å². The maximum absolute atomic E-state index is 12.7. The molecule has 3 nitrogen and oxygen atoms in total. The highest BCUT2D eigenvalue weighted by Crippen LogP contribution is 2.36. The maximum Gasteiger partial charge on any atom is 0.234 e. The van der Waals surface area contributed by atoms with Crippen molar-refractivity contribution < 1.29 is 4.79 Å². The average Bonchev–Trinajstić information content (AvgIpc) is 2.95. The van der Waals surface area contributed by atoms with Gasteiger partial charge in [-0.15, -0.1) is 11.3 Å². The van der Waals surface area contributed by atoms with Crippen molar-refractivity contribution in [3.8, 4) is 0 Å². The van der Waals surface area contributed by atoms with Crippen LogP contribution in [0.3, 0.4) is 0 Å². The molecule has 0 spiro atoms. The van der Waals surface area contributed by atoms with Crippen LogP contribution < -0.4 is 10.6 Å². The van der Waals surface area contributed by atoms with E-state index in [4.69, 9.17) is 5.73 Å². The molecule has 104 valence electrons. The van der Waals surface area contributed by atoms with Gasteiger partial charge >= 0.3 is 0 Å². The third kappa shape index (κ3) is 2.31. The minimum atomic E-state index is 0.00699. The lowest BCUT2D eigenvalue weighted by molar-refractivity contribution is -0.120. The number of hydrogen-bond acceptors (Lipinski definition) is 3. The smallest absolute Gasteiger partial charge is 0.234 e. The number of carbonyl (C=O) groups is 1. The number of anilines is 2. The number of aryl methyl sites for hydroxylation is 1. The van der Waals surface area contributed by atoms with Crippen LogP contribution in [0.15, 0.2) is 35.7 Å². The van der Waals surface area contributed by atoms with E-state index in [9.17, 15) is 4.79 Å². The van der Waals surface area contributed by atoms with E-state index < -0.39 is 0 Å². The highest BCUT2D eigenvalue weighted by molar-refractivity contribution is 7.10. The zero-order valence-corrected chi connectivity index (χ0v) is 12.3. The molecular formula is C16H18N2OS. The quantitative estimate of drug-likeness (QED) is 0.860. The van der Waals surface area contributed by atoms with E-state index in [0.717, 1.165) is 24.9 Å². The Morgan fingerprint density at radius 3 is 2.80 bits per heavy atom. The van der Waals surface area contributed by atoms with Gasteiger partial charge in [0.25, 0.3) is 0 Å². The zero-order valence-electron chi connectivity index (χ0n) is 11.5. The third-order valence-corrected chi connectivity index (χ3v) is 4.96. The number of nitrogens with zero attached hydrogens (tertiary/aromatic N) is 1. The van der Waals surface area contributed by atoms with Gasteiger partial charge in [-0.3, -0.25) is 4.79 Å². The topological polar surface area (TPSA) is 46.3 Å². The van der Waals surface area contributed by atoms with Crippen LogP contribution in [0, 0.1) is 0 Å². The van der Waals surface area contributed by atoms with Crippen LogP contribution in [0.4, 0.5) is 11.4 Å². The molecule has 0 bridgehead atoms. The molecule has 1 heterocycles. The summed E-state index contributed by atoms with van der Waals surface area (Å²) in [6.07, 6.45) is 3.16. The minimum Gasteiger partial charge on any atom is -0.399 e. The first-order valence-electron chi connectivity index (χ1n) is 6.86.